The van der Waals surface area contributed by atoms with Gasteiger partial charge in [0.2, 0.25) is 0 Å². The predicted molar refractivity (Wildman–Crippen MR) is 82.3 cm³/mol. The number of nitrogens with two attached hydrogens (primary N) is 1. The maximum absolute atomic E-state index is 11.7. The monoisotopic (exact) mass is 293 g/mol. The first-order valence-electron chi connectivity index (χ1n) is 5.88. The van der Waals surface area contributed by atoms with E-state index in [1.165, 1.54) is 11.3 Å². The lowest BCUT2D eigenvalue weighted by molar-refractivity contribution is 0.102. The highest BCUT2D eigenvalue weighted by atomic mass is 32.2. The molecular weight excluding hydrogens is 278 g/mol. The summed E-state index contributed by atoms with van der Waals surface area (Å²) in [6, 6.07) is 11.1. The third-order valence-electron chi connectivity index (χ3n) is 2.41. The summed E-state index contributed by atoms with van der Waals surface area (Å²) in [7, 11) is 0. The Bertz CT molecular complexity index is 509. The van der Waals surface area contributed by atoms with Gasteiger partial charge in [0.1, 0.15) is 5.75 Å². The van der Waals surface area contributed by atoms with E-state index in [0.717, 1.165) is 22.1 Å². The predicted octanol–water partition coefficient (Wildman–Crippen LogP) is 3.33. The van der Waals surface area contributed by atoms with Crippen LogP contribution in [0.25, 0.3) is 0 Å². The molecule has 0 spiro atoms. The van der Waals surface area contributed by atoms with Gasteiger partial charge in [-0.05, 0) is 35.7 Å². The van der Waals surface area contributed by atoms with Gasteiger partial charge in [-0.25, -0.2) is 0 Å². The number of benzene rings is 1. The van der Waals surface area contributed by atoms with Crippen LogP contribution in [0.5, 0.6) is 5.75 Å². The molecule has 0 saturated heterocycles. The molecule has 0 aliphatic heterocycles. The fourth-order valence-corrected chi connectivity index (χ4v) is 2.90. The zero-order chi connectivity index (χ0) is 13.5. The Morgan fingerprint density at radius 1 is 1.26 bits per heavy atom. The van der Waals surface area contributed by atoms with Crippen molar-refractivity contribution in [2.75, 3.05) is 23.8 Å². The van der Waals surface area contributed by atoms with Crippen molar-refractivity contribution in [1.82, 2.24) is 0 Å². The number of ether oxygens (including phenoxy) is 1. The van der Waals surface area contributed by atoms with Crippen LogP contribution < -0.4 is 10.5 Å². The standard InChI is InChI=1S/C14H15NO2S2/c15-11-3-5-12(6-4-11)17-7-9-18-10-13(16)14-2-1-8-19-14/h1-6,8H,7,9-10,15H2. The molecule has 1 aromatic carbocycles. The van der Waals surface area contributed by atoms with E-state index in [0.29, 0.717) is 12.4 Å². The second-order valence-corrected chi connectivity index (χ2v) is 5.92. The van der Waals surface area contributed by atoms with Crippen LogP contribution in [-0.2, 0) is 0 Å². The lowest BCUT2D eigenvalue weighted by atomic mass is 10.3. The number of thiophene rings is 1. The number of Topliss-reactive ketones (excluding diaryl/α,β-unsaturated/α-hetero) is 1. The third kappa shape index (κ3) is 4.61. The molecular formula is C14H15NO2S2. The van der Waals surface area contributed by atoms with Crippen molar-refractivity contribution in [3.63, 3.8) is 0 Å². The first-order chi connectivity index (χ1) is 9.25. The van der Waals surface area contributed by atoms with Crippen LogP contribution in [0, 0.1) is 0 Å². The number of anilines is 1. The zero-order valence-electron chi connectivity index (χ0n) is 10.4. The highest BCUT2D eigenvalue weighted by Crippen LogP contribution is 2.15. The molecule has 0 amide bonds. The fraction of sp³-hybridized carbons (Fsp3) is 0.214. The summed E-state index contributed by atoms with van der Waals surface area (Å²) in [5, 5.41) is 1.92. The van der Waals surface area contributed by atoms with Crippen LogP contribution in [0.15, 0.2) is 41.8 Å². The van der Waals surface area contributed by atoms with Gasteiger partial charge in [0, 0.05) is 11.4 Å². The first kappa shape index (κ1) is 14.0. The first-order valence-corrected chi connectivity index (χ1v) is 7.92. The van der Waals surface area contributed by atoms with Crippen LogP contribution in [-0.4, -0.2) is 23.9 Å². The van der Waals surface area contributed by atoms with Crippen molar-refractivity contribution in [3.8, 4) is 5.75 Å². The molecule has 0 aliphatic carbocycles. The summed E-state index contributed by atoms with van der Waals surface area (Å²) in [6.07, 6.45) is 0. The van der Waals surface area contributed by atoms with Crippen molar-refractivity contribution in [1.29, 1.82) is 0 Å². The van der Waals surface area contributed by atoms with Gasteiger partial charge in [-0.2, -0.15) is 11.8 Å². The number of hydrogen-bond donors (Lipinski definition) is 1. The van der Waals surface area contributed by atoms with Gasteiger partial charge in [0.05, 0.1) is 17.2 Å². The number of thioether (sulfide) groups is 1. The molecule has 0 fully saturated rings. The molecule has 2 aromatic rings. The quantitative estimate of drug-likeness (QED) is 0.483. The van der Waals surface area contributed by atoms with Crippen LogP contribution in [0.2, 0.25) is 0 Å². The SMILES string of the molecule is Nc1ccc(OCCSCC(=O)c2cccs2)cc1. The molecule has 0 radical (unpaired) electrons. The van der Waals surface area contributed by atoms with Gasteiger partial charge in [-0.1, -0.05) is 6.07 Å². The lowest BCUT2D eigenvalue weighted by Gasteiger charge is -2.05. The van der Waals surface area contributed by atoms with Crippen molar-refractivity contribution in [2.45, 2.75) is 0 Å². The number of nitrogen functional groups attached to an aromatic ring is 1. The molecule has 0 aliphatic rings. The molecule has 19 heavy (non-hydrogen) atoms. The van der Waals surface area contributed by atoms with E-state index in [4.69, 9.17) is 10.5 Å². The highest BCUT2D eigenvalue weighted by molar-refractivity contribution is 8.00. The molecule has 1 aromatic heterocycles. The maximum Gasteiger partial charge on any atom is 0.182 e. The Morgan fingerprint density at radius 3 is 2.74 bits per heavy atom. The zero-order valence-corrected chi connectivity index (χ0v) is 12.0. The Hall–Kier alpha value is -1.46. The third-order valence-corrected chi connectivity index (χ3v) is 4.24. The van der Waals surface area contributed by atoms with E-state index >= 15 is 0 Å². The van der Waals surface area contributed by atoms with Gasteiger partial charge in [-0.3, -0.25) is 4.79 Å². The Morgan fingerprint density at radius 2 is 2.05 bits per heavy atom. The summed E-state index contributed by atoms with van der Waals surface area (Å²) in [5.41, 5.74) is 6.31. The summed E-state index contributed by atoms with van der Waals surface area (Å²) < 4.78 is 5.55. The van der Waals surface area contributed by atoms with Gasteiger partial charge in [-0.15, -0.1) is 11.3 Å². The molecule has 0 saturated carbocycles. The fourth-order valence-electron chi connectivity index (χ4n) is 1.46. The van der Waals surface area contributed by atoms with Gasteiger partial charge >= 0.3 is 0 Å². The molecule has 0 bridgehead atoms. The Kier molecular flexibility index (Phi) is 5.30. The van der Waals surface area contributed by atoms with Crippen molar-refractivity contribution < 1.29 is 9.53 Å². The van der Waals surface area contributed by atoms with E-state index in [-0.39, 0.29) is 5.78 Å². The molecule has 0 atom stereocenters. The summed E-state index contributed by atoms with van der Waals surface area (Å²) in [5.74, 6) is 2.29. The number of ketones is 1. The van der Waals surface area contributed by atoms with Crippen LogP contribution >= 0.6 is 23.1 Å². The van der Waals surface area contributed by atoms with E-state index in [9.17, 15) is 4.79 Å². The minimum atomic E-state index is 0.187. The summed E-state index contributed by atoms with van der Waals surface area (Å²) >= 11 is 3.08. The van der Waals surface area contributed by atoms with E-state index < -0.39 is 0 Å². The van der Waals surface area contributed by atoms with Crippen molar-refractivity contribution >= 4 is 34.6 Å². The molecule has 5 heteroatoms. The number of hydrogen-bond acceptors (Lipinski definition) is 5. The minimum absolute atomic E-state index is 0.187. The lowest BCUT2D eigenvalue weighted by Crippen LogP contribution is -2.05. The molecule has 100 valence electrons. The van der Waals surface area contributed by atoms with E-state index in [2.05, 4.69) is 0 Å². The molecule has 3 nitrogen and oxygen atoms in total. The average molecular weight is 293 g/mol. The summed E-state index contributed by atoms with van der Waals surface area (Å²) in [6.45, 7) is 0.590. The second kappa shape index (κ2) is 7.21. The molecule has 2 rings (SSSR count). The largest absolute Gasteiger partial charge is 0.493 e. The van der Waals surface area contributed by atoms with Gasteiger partial charge < -0.3 is 10.5 Å². The van der Waals surface area contributed by atoms with Crippen LogP contribution in [0.4, 0.5) is 5.69 Å². The van der Waals surface area contributed by atoms with Crippen LogP contribution in [0.3, 0.4) is 0 Å². The van der Waals surface area contributed by atoms with Gasteiger partial charge in [0.25, 0.3) is 0 Å². The van der Waals surface area contributed by atoms with E-state index in [1.54, 1.807) is 11.8 Å². The summed E-state index contributed by atoms with van der Waals surface area (Å²) in [4.78, 5) is 12.5. The smallest absolute Gasteiger partial charge is 0.182 e. The number of carbonyl (C=O) groups is 1. The molecule has 1 heterocycles. The van der Waals surface area contributed by atoms with Crippen molar-refractivity contribution in [3.05, 3.63) is 46.7 Å². The van der Waals surface area contributed by atoms with Crippen LogP contribution in [0.1, 0.15) is 9.67 Å². The normalized spacial score (nSPS) is 10.3. The highest BCUT2D eigenvalue weighted by Gasteiger charge is 2.06. The van der Waals surface area contributed by atoms with Gasteiger partial charge in [0.15, 0.2) is 5.78 Å². The number of rotatable bonds is 7. The van der Waals surface area contributed by atoms with E-state index in [1.807, 2.05) is 41.8 Å². The second-order valence-electron chi connectivity index (χ2n) is 3.87. The minimum Gasteiger partial charge on any atom is -0.493 e. The molecule has 0 unspecified atom stereocenters. The number of carbonyl (C=O) groups excluding carboxylic acids is 1. The molecule has 2 N–H and O–H groups in total. The maximum atomic E-state index is 11.7. The topological polar surface area (TPSA) is 52.3 Å². The van der Waals surface area contributed by atoms with Crippen molar-refractivity contribution in [2.24, 2.45) is 0 Å². The Labute approximate surface area is 120 Å². The Balaban J connectivity index is 1.62. The average Bonchev–Trinajstić information content (AvgIpc) is 2.94.